The van der Waals surface area contributed by atoms with Gasteiger partial charge in [0.1, 0.15) is 10.3 Å². The summed E-state index contributed by atoms with van der Waals surface area (Å²) in [4.78, 5) is 26.4. The zero-order valence-electron chi connectivity index (χ0n) is 10.5. The number of pyridine rings is 1. The quantitative estimate of drug-likeness (QED) is 0.688. The van der Waals surface area contributed by atoms with Crippen molar-refractivity contribution in [3.63, 3.8) is 0 Å². The van der Waals surface area contributed by atoms with E-state index in [4.69, 9.17) is 0 Å². The average Bonchev–Trinajstić information content (AvgIpc) is 2.41. The Kier molecular flexibility index (Phi) is 4.09. The number of benzene rings is 1. The van der Waals surface area contributed by atoms with E-state index in [1.165, 1.54) is 18.2 Å². The van der Waals surface area contributed by atoms with Gasteiger partial charge < -0.3 is 5.32 Å². The lowest BCUT2D eigenvalue weighted by Crippen LogP contribution is -2.14. The van der Waals surface area contributed by atoms with Crippen LogP contribution in [0, 0.1) is 17.0 Å². The molecule has 0 atom stereocenters. The van der Waals surface area contributed by atoms with Gasteiger partial charge in [0.05, 0.1) is 10.5 Å². The molecule has 6 nitrogen and oxygen atoms in total. The summed E-state index contributed by atoms with van der Waals surface area (Å²) in [5.74, 6) is -0.0732. The molecule has 20 heavy (non-hydrogen) atoms. The van der Waals surface area contributed by atoms with E-state index in [0.29, 0.717) is 5.82 Å². The molecule has 1 aromatic carbocycles. The third-order valence-corrected chi connectivity index (χ3v) is 3.41. The number of carbonyl (C=O) groups excluding carboxylic acids is 1. The molecule has 0 saturated carbocycles. The third-order valence-electron chi connectivity index (χ3n) is 2.57. The molecule has 0 saturated heterocycles. The molecule has 7 heteroatoms. The summed E-state index contributed by atoms with van der Waals surface area (Å²) in [6, 6.07) is 7.76. The van der Waals surface area contributed by atoms with E-state index in [1.54, 1.807) is 12.3 Å². The minimum atomic E-state index is -0.551. The van der Waals surface area contributed by atoms with E-state index >= 15 is 0 Å². The monoisotopic (exact) mass is 335 g/mol. The molecule has 1 aromatic heterocycles. The first-order valence-electron chi connectivity index (χ1n) is 5.66. The number of rotatable bonds is 3. The Bertz CT molecular complexity index is 671. The molecule has 0 fully saturated rings. The van der Waals surface area contributed by atoms with Crippen LogP contribution in [0.4, 0.5) is 11.5 Å². The summed E-state index contributed by atoms with van der Waals surface area (Å²) in [5.41, 5.74) is 0.996. The molecule has 1 amide bonds. The van der Waals surface area contributed by atoms with Gasteiger partial charge in [-0.2, -0.15) is 0 Å². The van der Waals surface area contributed by atoms with Crippen LogP contribution in [-0.2, 0) is 0 Å². The van der Waals surface area contributed by atoms with E-state index in [2.05, 4.69) is 26.2 Å². The van der Waals surface area contributed by atoms with Gasteiger partial charge in [-0.3, -0.25) is 14.9 Å². The fourth-order valence-electron chi connectivity index (χ4n) is 1.56. The lowest BCUT2D eigenvalue weighted by atomic mass is 10.2. The highest BCUT2D eigenvalue weighted by molar-refractivity contribution is 9.10. The standard InChI is InChI=1S/C13H10BrN3O3/c1-8-5-6-11(15-7-8)16-13(18)9-3-2-4-10(12(9)14)17(19)20/h2-7H,1H3,(H,15,16,18). The van der Waals surface area contributed by atoms with Gasteiger partial charge in [-0.1, -0.05) is 12.1 Å². The number of carbonyl (C=O) groups is 1. The molecule has 1 N–H and O–H groups in total. The van der Waals surface area contributed by atoms with Crippen molar-refractivity contribution >= 4 is 33.3 Å². The third kappa shape index (κ3) is 3.00. The van der Waals surface area contributed by atoms with Gasteiger partial charge in [-0.05, 0) is 40.5 Å². The molecule has 0 aliphatic carbocycles. The highest BCUT2D eigenvalue weighted by atomic mass is 79.9. The molecule has 0 aliphatic rings. The molecular weight excluding hydrogens is 326 g/mol. The fraction of sp³-hybridized carbons (Fsp3) is 0.0769. The molecule has 1 heterocycles. The topological polar surface area (TPSA) is 85.1 Å². The molecule has 2 aromatic rings. The number of nitrogens with one attached hydrogen (secondary N) is 1. The zero-order valence-corrected chi connectivity index (χ0v) is 12.0. The maximum absolute atomic E-state index is 12.1. The first-order valence-corrected chi connectivity index (χ1v) is 6.45. The summed E-state index contributed by atoms with van der Waals surface area (Å²) in [5, 5.41) is 13.4. The summed E-state index contributed by atoms with van der Waals surface area (Å²) < 4.78 is 0.148. The SMILES string of the molecule is Cc1ccc(NC(=O)c2cccc([N+](=O)[O-])c2Br)nc1. The highest BCUT2D eigenvalue weighted by Gasteiger charge is 2.19. The first-order chi connectivity index (χ1) is 9.49. The van der Waals surface area contributed by atoms with Crippen LogP contribution in [-0.4, -0.2) is 15.8 Å². The van der Waals surface area contributed by atoms with Crippen molar-refractivity contribution in [2.45, 2.75) is 6.92 Å². The number of nitrogens with zero attached hydrogens (tertiary/aromatic N) is 2. The van der Waals surface area contributed by atoms with E-state index in [0.717, 1.165) is 5.56 Å². The normalized spacial score (nSPS) is 10.1. The summed E-state index contributed by atoms with van der Waals surface area (Å²) >= 11 is 3.08. The second-order valence-electron chi connectivity index (χ2n) is 4.07. The number of nitro groups is 1. The molecule has 0 spiro atoms. The fourth-order valence-corrected chi connectivity index (χ4v) is 2.15. The van der Waals surface area contributed by atoms with Crippen LogP contribution in [0.1, 0.15) is 15.9 Å². The maximum atomic E-state index is 12.1. The van der Waals surface area contributed by atoms with Crippen LogP contribution in [0.25, 0.3) is 0 Å². The van der Waals surface area contributed by atoms with Crippen LogP contribution < -0.4 is 5.32 Å². The Morgan fingerprint density at radius 3 is 2.70 bits per heavy atom. The van der Waals surface area contributed by atoms with Crippen molar-refractivity contribution in [3.05, 3.63) is 62.2 Å². The van der Waals surface area contributed by atoms with Crippen molar-refractivity contribution in [1.29, 1.82) is 0 Å². The average molecular weight is 336 g/mol. The van der Waals surface area contributed by atoms with Crippen molar-refractivity contribution in [3.8, 4) is 0 Å². The van der Waals surface area contributed by atoms with Gasteiger partial charge in [-0.15, -0.1) is 0 Å². The highest BCUT2D eigenvalue weighted by Crippen LogP contribution is 2.28. The lowest BCUT2D eigenvalue weighted by Gasteiger charge is -2.06. The molecule has 0 unspecified atom stereocenters. The van der Waals surface area contributed by atoms with Gasteiger partial charge in [0.2, 0.25) is 0 Å². The summed E-state index contributed by atoms with van der Waals surface area (Å²) in [7, 11) is 0. The van der Waals surface area contributed by atoms with Gasteiger partial charge in [0.15, 0.2) is 0 Å². The second-order valence-corrected chi connectivity index (χ2v) is 4.86. The molecule has 0 bridgehead atoms. The van der Waals surface area contributed by atoms with Gasteiger partial charge in [0.25, 0.3) is 11.6 Å². The van der Waals surface area contributed by atoms with Crippen LogP contribution >= 0.6 is 15.9 Å². The minimum absolute atomic E-state index is 0.148. The van der Waals surface area contributed by atoms with Gasteiger partial charge in [0, 0.05) is 12.3 Å². The Morgan fingerprint density at radius 1 is 1.35 bits per heavy atom. The minimum Gasteiger partial charge on any atom is -0.307 e. The number of hydrogen-bond donors (Lipinski definition) is 1. The molecule has 0 aliphatic heterocycles. The van der Waals surface area contributed by atoms with Gasteiger partial charge in [-0.25, -0.2) is 4.98 Å². The largest absolute Gasteiger partial charge is 0.307 e. The molecular formula is C13H10BrN3O3. The molecule has 0 radical (unpaired) electrons. The van der Waals surface area contributed by atoms with Crippen molar-refractivity contribution in [2.75, 3.05) is 5.32 Å². The number of hydrogen-bond acceptors (Lipinski definition) is 4. The maximum Gasteiger partial charge on any atom is 0.284 e. The van der Waals surface area contributed by atoms with Crippen LogP contribution in [0.2, 0.25) is 0 Å². The van der Waals surface area contributed by atoms with Crippen molar-refractivity contribution in [2.24, 2.45) is 0 Å². The van der Waals surface area contributed by atoms with E-state index in [-0.39, 0.29) is 15.7 Å². The van der Waals surface area contributed by atoms with Gasteiger partial charge >= 0.3 is 0 Å². The molecule has 102 valence electrons. The van der Waals surface area contributed by atoms with Crippen LogP contribution in [0.15, 0.2) is 41.0 Å². The number of aryl methyl sites for hydroxylation is 1. The summed E-state index contributed by atoms with van der Waals surface area (Å²) in [6.45, 7) is 1.88. The number of halogens is 1. The Morgan fingerprint density at radius 2 is 2.10 bits per heavy atom. The number of amides is 1. The Balaban J connectivity index is 2.28. The van der Waals surface area contributed by atoms with E-state index < -0.39 is 10.8 Å². The van der Waals surface area contributed by atoms with Crippen molar-refractivity contribution in [1.82, 2.24) is 4.98 Å². The van der Waals surface area contributed by atoms with E-state index in [1.807, 2.05) is 13.0 Å². The predicted molar refractivity (Wildman–Crippen MR) is 77.7 cm³/mol. The number of aromatic nitrogens is 1. The number of anilines is 1. The van der Waals surface area contributed by atoms with Crippen LogP contribution in [0.5, 0.6) is 0 Å². The van der Waals surface area contributed by atoms with E-state index in [9.17, 15) is 14.9 Å². The lowest BCUT2D eigenvalue weighted by molar-refractivity contribution is -0.385. The second kappa shape index (κ2) is 5.79. The summed E-state index contributed by atoms with van der Waals surface area (Å²) in [6.07, 6.45) is 1.62. The predicted octanol–water partition coefficient (Wildman–Crippen LogP) is 3.31. The zero-order chi connectivity index (χ0) is 14.7. The Labute approximate surface area is 123 Å². The smallest absolute Gasteiger partial charge is 0.284 e. The van der Waals surface area contributed by atoms with Crippen LogP contribution in [0.3, 0.4) is 0 Å². The van der Waals surface area contributed by atoms with Crippen molar-refractivity contribution < 1.29 is 9.72 Å². The number of nitro benzene ring substituents is 1. The Hall–Kier alpha value is -2.28. The first kappa shape index (κ1) is 14.1. The molecule has 2 rings (SSSR count).